The Kier molecular flexibility index (Phi) is 6.05. The predicted molar refractivity (Wildman–Crippen MR) is 111 cm³/mol. The van der Waals surface area contributed by atoms with Crippen LogP contribution in [0.3, 0.4) is 0 Å². The third-order valence-electron chi connectivity index (χ3n) is 5.50. The fourth-order valence-electron chi connectivity index (χ4n) is 3.35. The van der Waals surface area contributed by atoms with Crippen LogP contribution in [-0.4, -0.2) is 24.0 Å². The molecule has 0 bridgehead atoms. The lowest BCUT2D eigenvalue weighted by atomic mass is 9.83. The van der Waals surface area contributed by atoms with Crippen LogP contribution in [0.15, 0.2) is 42.6 Å². The Bertz CT molecular complexity index is 763. The summed E-state index contributed by atoms with van der Waals surface area (Å²) in [6.07, 6.45) is 4.31. The molecule has 1 aromatic heterocycles. The average molecular weight is 386 g/mol. The molecule has 1 amide bonds. The number of pyridine rings is 1. The van der Waals surface area contributed by atoms with Crippen molar-refractivity contribution in [2.75, 3.05) is 18.0 Å². The molecule has 1 N–H and O–H groups in total. The van der Waals surface area contributed by atoms with E-state index in [9.17, 15) is 4.79 Å². The van der Waals surface area contributed by atoms with Crippen LogP contribution in [0.4, 0.5) is 5.82 Å². The molecule has 144 valence electrons. The number of carbonyl (C=O) groups is 1. The van der Waals surface area contributed by atoms with Gasteiger partial charge in [0.25, 0.3) is 0 Å². The maximum Gasteiger partial charge on any atom is 0.230 e. The number of nitrogens with one attached hydrogen (secondary N) is 1. The van der Waals surface area contributed by atoms with Crippen LogP contribution in [0.2, 0.25) is 5.02 Å². The topological polar surface area (TPSA) is 45.2 Å². The van der Waals surface area contributed by atoms with Gasteiger partial charge >= 0.3 is 0 Å². The highest BCUT2D eigenvalue weighted by Crippen LogP contribution is 2.25. The first-order valence-corrected chi connectivity index (χ1v) is 9.98. The molecular formula is C22H28ClN3O. The number of piperidine rings is 1. The Morgan fingerprint density at radius 3 is 2.44 bits per heavy atom. The molecule has 0 unspecified atom stereocenters. The van der Waals surface area contributed by atoms with E-state index in [1.165, 1.54) is 12.8 Å². The normalized spacial score (nSPS) is 15.6. The van der Waals surface area contributed by atoms with Crippen molar-refractivity contribution in [2.24, 2.45) is 5.92 Å². The van der Waals surface area contributed by atoms with E-state index in [4.69, 9.17) is 11.6 Å². The Morgan fingerprint density at radius 2 is 1.85 bits per heavy atom. The molecule has 1 aromatic carbocycles. The zero-order valence-corrected chi connectivity index (χ0v) is 17.1. The van der Waals surface area contributed by atoms with Gasteiger partial charge in [-0.2, -0.15) is 0 Å². The van der Waals surface area contributed by atoms with Crippen LogP contribution in [-0.2, 0) is 16.8 Å². The lowest BCUT2D eigenvalue weighted by molar-refractivity contribution is -0.125. The number of nitrogens with zero attached hydrogens (tertiary/aromatic N) is 2. The van der Waals surface area contributed by atoms with Gasteiger partial charge in [0.2, 0.25) is 5.91 Å². The third kappa shape index (κ3) is 4.81. The van der Waals surface area contributed by atoms with E-state index < -0.39 is 5.41 Å². The molecule has 1 fully saturated rings. The molecule has 1 aliphatic rings. The van der Waals surface area contributed by atoms with Gasteiger partial charge in [-0.3, -0.25) is 4.79 Å². The number of halogens is 1. The molecule has 2 aromatic rings. The molecule has 2 heterocycles. The second-order valence-electron chi connectivity index (χ2n) is 8.01. The number of amides is 1. The highest BCUT2D eigenvalue weighted by Gasteiger charge is 2.29. The van der Waals surface area contributed by atoms with E-state index in [1.807, 2.05) is 44.3 Å². The van der Waals surface area contributed by atoms with E-state index >= 15 is 0 Å². The summed E-state index contributed by atoms with van der Waals surface area (Å²) in [5, 5.41) is 3.70. The first-order chi connectivity index (χ1) is 12.9. The minimum absolute atomic E-state index is 0.0149. The summed E-state index contributed by atoms with van der Waals surface area (Å²) >= 11 is 5.95. The highest BCUT2D eigenvalue weighted by atomic mass is 35.5. The number of carbonyl (C=O) groups excluding carboxylic acids is 1. The van der Waals surface area contributed by atoms with Crippen LogP contribution in [0.25, 0.3) is 0 Å². The number of rotatable bonds is 5. The largest absolute Gasteiger partial charge is 0.357 e. The molecule has 0 atom stereocenters. The summed E-state index contributed by atoms with van der Waals surface area (Å²) in [5.74, 6) is 1.82. The molecule has 5 heteroatoms. The Hall–Kier alpha value is -2.07. The number of hydrogen-bond donors (Lipinski definition) is 1. The summed E-state index contributed by atoms with van der Waals surface area (Å²) < 4.78 is 0. The molecule has 0 saturated carbocycles. The number of anilines is 1. The molecule has 27 heavy (non-hydrogen) atoms. The van der Waals surface area contributed by atoms with E-state index in [2.05, 4.69) is 34.3 Å². The summed E-state index contributed by atoms with van der Waals surface area (Å²) in [4.78, 5) is 19.6. The van der Waals surface area contributed by atoms with Crippen LogP contribution in [0, 0.1) is 5.92 Å². The highest BCUT2D eigenvalue weighted by molar-refractivity contribution is 6.30. The average Bonchev–Trinajstić information content (AvgIpc) is 2.67. The van der Waals surface area contributed by atoms with Crippen molar-refractivity contribution in [1.29, 1.82) is 0 Å². The Morgan fingerprint density at radius 1 is 1.19 bits per heavy atom. The van der Waals surface area contributed by atoms with Gasteiger partial charge in [-0.05, 0) is 61.9 Å². The van der Waals surface area contributed by atoms with Gasteiger partial charge in [0.05, 0.1) is 5.41 Å². The summed E-state index contributed by atoms with van der Waals surface area (Å²) in [5.41, 5.74) is 1.32. The standard InChI is InChI=1S/C22H28ClN3O/c1-16-10-12-26(13-11-16)20-9-4-17(14-24-20)15-25-21(27)22(2,3)18-5-7-19(23)8-6-18/h4-9,14,16H,10-13,15H2,1-3H3,(H,25,27). The second-order valence-corrected chi connectivity index (χ2v) is 8.45. The molecule has 1 saturated heterocycles. The van der Waals surface area contributed by atoms with Crippen molar-refractivity contribution < 1.29 is 4.79 Å². The van der Waals surface area contributed by atoms with Gasteiger partial charge in [-0.1, -0.05) is 36.7 Å². The quantitative estimate of drug-likeness (QED) is 0.820. The molecule has 4 nitrogen and oxygen atoms in total. The number of aromatic nitrogens is 1. The molecular weight excluding hydrogens is 358 g/mol. The zero-order valence-electron chi connectivity index (χ0n) is 16.3. The van der Waals surface area contributed by atoms with E-state index in [-0.39, 0.29) is 5.91 Å². The van der Waals surface area contributed by atoms with Gasteiger partial charge in [0, 0.05) is 30.9 Å². The monoisotopic (exact) mass is 385 g/mol. The van der Waals surface area contributed by atoms with E-state index in [0.717, 1.165) is 36.0 Å². The molecule has 1 aliphatic heterocycles. The summed E-state index contributed by atoms with van der Waals surface area (Å²) in [7, 11) is 0. The molecule has 0 radical (unpaired) electrons. The summed E-state index contributed by atoms with van der Waals surface area (Å²) in [6.45, 7) is 8.76. The van der Waals surface area contributed by atoms with E-state index in [1.54, 1.807) is 0 Å². The van der Waals surface area contributed by atoms with Gasteiger partial charge in [-0.25, -0.2) is 4.98 Å². The minimum Gasteiger partial charge on any atom is -0.357 e. The van der Waals surface area contributed by atoms with Crippen LogP contribution in [0.5, 0.6) is 0 Å². The van der Waals surface area contributed by atoms with Crippen molar-refractivity contribution in [1.82, 2.24) is 10.3 Å². The maximum atomic E-state index is 12.7. The van der Waals surface area contributed by atoms with Crippen molar-refractivity contribution in [3.63, 3.8) is 0 Å². The first kappa shape index (κ1) is 19.7. The second kappa shape index (κ2) is 8.30. The van der Waals surface area contributed by atoms with Crippen LogP contribution in [0.1, 0.15) is 44.7 Å². The minimum atomic E-state index is -0.623. The van der Waals surface area contributed by atoms with Gasteiger partial charge in [0.1, 0.15) is 5.82 Å². The van der Waals surface area contributed by atoms with Gasteiger partial charge in [0.15, 0.2) is 0 Å². The third-order valence-corrected chi connectivity index (χ3v) is 5.76. The number of benzene rings is 1. The van der Waals surface area contributed by atoms with Gasteiger partial charge < -0.3 is 10.2 Å². The smallest absolute Gasteiger partial charge is 0.230 e. The lowest BCUT2D eigenvalue weighted by Gasteiger charge is -2.31. The van der Waals surface area contributed by atoms with Gasteiger partial charge in [-0.15, -0.1) is 0 Å². The molecule has 0 aliphatic carbocycles. The van der Waals surface area contributed by atoms with Crippen LogP contribution >= 0.6 is 11.6 Å². The fraction of sp³-hybridized carbons (Fsp3) is 0.455. The molecule has 3 rings (SSSR count). The first-order valence-electron chi connectivity index (χ1n) is 9.60. The van der Waals surface area contributed by atoms with Crippen molar-refractivity contribution in [3.8, 4) is 0 Å². The van der Waals surface area contributed by atoms with Crippen molar-refractivity contribution in [3.05, 3.63) is 58.7 Å². The number of hydrogen-bond acceptors (Lipinski definition) is 3. The predicted octanol–water partition coefficient (Wildman–Crippen LogP) is 4.57. The van der Waals surface area contributed by atoms with Crippen molar-refractivity contribution in [2.45, 2.75) is 45.6 Å². The zero-order chi connectivity index (χ0) is 19.4. The lowest BCUT2D eigenvalue weighted by Crippen LogP contribution is -2.39. The van der Waals surface area contributed by atoms with Crippen LogP contribution < -0.4 is 10.2 Å². The Balaban J connectivity index is 1.57. The fourth-order valence-corrected chi connectivity index (χ4v) is 3.47. The Labute approximate surface area is 166 Å². The van der Waals surface area contributed by atoms with E-state index in [0.29, 0.717) is 11.6 Å². The summed E-state index contributed by atoms with van der Waals surface area (Å²) in [6, 6.07) is 11.5. The SMILES string of the molecule is CC1CCN(c2ccc(CNC(=O)C(C)(C)c3ccc(Cl)cc3)cn2)CC1. The molecule has 0 spiro atoms. The van der Waals surface area contributed by atoms with Crippen molar-refractivity contribution >= 4 is 23.3 Å². The maximum absolute atomic E-state index is 12.7.